The molecule has 0 saturated heterocycles. The molecular formula is C12H21NO2. The van der Waals surface area contributed by atoms with Gasteiger partial charge in [-0.3, -0.25) is 4.79 Å². The lowest BCUT2D eigenvalue weighted by Gasteiger charge is -2.26. The molecule has 0 unspecified atom stereocenters. The second kappa shape index (κ2) is 5.91. The maximum absolute atomic E-state index is 10.7. The Morgan fingerprint density at radius 2 is 2.00 bits per heavy atom. The third-order valence-corrected chi connectivity index (χ3v) is 3.06. The topological polar surface area (TPSA) is 49.3 Å². The largest absolute Gasteiger partial charge is 0.481 e. The summed E-state index contributed by atoms with van der Waals surface area (Å²) in [5.74, 6) is -0.737. The molecule has 0 heterocycles. The van der Waals surface area contributed by atoms with Crippen molar-refractivity contribution in [2.45, 2.75) is 45.1 Å². The molecule has 0 radical (unpaired) electrons. The second-order valence-corrected chi connectivity index (χ2v) is 4.55. The SMILES string of the molecule is C=C(C)CCNC1CCC(C(=O)O)CC1. The maximum Gasteiger partial charge on any atom is 0.306 e. The fourth-order valence-electron chi connectivity index (χ4n) is 2.03. The van der Waals surface area contributed by atoms with Gasteiger partial charge < -0.3 is 10.4 Å². The van der Waals surface area contributed by atoms with E-state index in [4.69, 9.17) is 5.11 Å². The van der Waals surface area contributed by atoms with Crippen molar-refractivity contribution in [2.75, 3.05) is 6.54 Å². The molecule has 0 aromatic carbocycles. The molecule has 1 aliphatic rings. The Kier molecular flexibility index (Phi) is 4.82. The Morgan fingerprint density at radius 3 is 2.47 bits per heavy atom. The summed E-state index contributed by atoms with van der Waals surface area (Å²) in [6.07, 6.45) is 4.64. The lowest BCUT2D eigenvalue weighted by molar-refractivity contribution is -0.142. The van der Waals surface area contributed by atoms with Gasteiger partial charge in [-0.1, -0.05) is 5.57 Å². The number of hydrogen-bond acceptors (Lipinski definition) is 2. The Morgan fingerprint density at radius 1 is 1.40 bits per heavy atom. The lowest BCUT2D eigenvalue weighted by Crippen LogP contribution is -2.35. The summed E-state index contributed by atoms with van der Waals surface area (Å²) < 4.78 is 0. The summed E-state index contributed by atoms with van der Waals surface area (Å²) in [4.78, 5) is 10.7. The average Bonchev–Trinajstić information content (AvgIpc) is 2.18. The van der Waals surface area contributed by atoms with Crippen LogP contribution < -0.4 is 5.32 Å². The minimum Gasteiger partial charge on any atom is -0.481 e. The van der Waals surface area contributed by atoms with Crippen LogP contribution in [0.1, 0.15) is 39.0 Å². The highest BCUT2D eigenvalue weighted by molar-refractivity contribution is 5.70. The molecule has 0 amide bonds. The number of carbonyl (C=O) groups is 1. The fourth-order valence-corrected chi connectivity index (χ4v) is 2.03. The van der Waals surface area contributed by atoms with Crippen molar-refractivity contribution in [1.29, 1.82) is 0 Å². The first-order valence-corrected chi connectivity index (χ1v) is 5.70. The van der Waals surface area contributed by atoms with Gasteiger partial charge in [-0.15, -0.1) is 6.58 Å². The Hall–Kier alpha value is -0.830. The van der Waals surface area contributed by atoms with Crippen LogP contribution in [0.5, 0.6) is 0 Å². The Balaban J connectivity index is 2.14. The van der Waals surface area contributed by atoms with E-state index in [1.807, 2.05) is 6.92 Å². The number of rotatable bonds is 5. The fraction of sp³-hybridized carbons (Fsp3) is 0.750. The number of aliphatic carboxylic acids is 1. The average molecular weight is 211 g/mol. The molecule has 0 atom stereocenters. The predicted molar refractivity (Wildman–Crippen MR) is 60.8 cm³/mol. The molecule has 1 fully saturated rings. The summed E-state index contributed by atoms with van der Waals surface area (Å²) in [5.41, 5.74) is 1.20. The van der Waals surface area contributed by atoms with Gasteiger partial charge in [-0.05, 0) is 45.6 Å². The zero-order valence-electron chi connectivity index (χ0n) is 9.46. The van der Waals surface area contributed by atoms with Crippen LogP contribution in [0.15, 0.2) is 12.2 Å². The Labute approximate surface area is 91.6 Å². The van der Waals surface area contributed by atoms with Gasteiger partial charge in [0, 0.05) is 6.04 Å². The van der Waals surface area contributed by atoms with E-state index in [2.05, 4.69) is 11.9 Å². The molecule has 0 aromatic heterocycles. The first kappa shape index (κ1) is 12.2. The normalized spacial score (nSPS) is 26.2. The van der Waals surface area contributed by atoms with Gasteiger partial charge in [-0.25, -0.2) is 0 Å². The quantitative estimate of drug-likeness (QED) is 0.685. The van der Waals surface area contributed by atoms with Crippen LogP contribution in [0.2, 0.25) is 0 Å². The highest BCUT2D eigenvalue weighted by Gasteiger charge is 2.25. The van der Waals surface area contributed by atoms with Crippen molar-refractivity contribution < 1.29 is 9.90 Å². The molecule has 3 heteroatoms. The van der Waals surface area contributed by atoms with Gasteiger partial charge in [0.1, 0.15) is 0 Å². The highest BCUT2D eigenvalue weighted by Crippen LogP contribution is 2.24. The van der Waals surface area contributed by atoms with Gasteiger partial charge in [0.2, 0.25) is 0 Å². The Bertz CT molecular complexity index is 227. The molecule has 15 heavy (non-hydrogen) atoms. The number of hydrogen-bond donors (Lipinski definition) is 2. The molecule has 1 saturated carbocycles. The predicted octanol–water partition coefficient (Wildman–Crippen LogP) is 2.19. The molecule has 3 nitrogen and oxygen atoms in total. The maximum atomic E-state index is 10.7. The van der Waals surface area contributed by atoms with Crippen molar-refractivity contribution in [1.82, 2.24) is 5.32 Å². The first-order chi connectivity index (χ1) is 7.09. The van der Waals surface area contributed by atoms with E-state index in [-0.39, 0.29) is 5.92 Å². The van der Waals surface area contributed by atoms with E-state index in [0.717, 1.165) is 38.6 Å². The van der Waals surface area contributed by atoms with Crippen molar-refractivity contribution in [3.63, 3.8) is 0 Å². The summed E-state index contributed by atoms with van der Waals surface area (Å²) in [7, 11) is 0. The molecule has 0 spiro atoms. The second-order valence-electron chi connectivity index (χ2n) is 4.55. The van der Waals surface area contributed by atoms with E-state index in [1.165, 1.54) is 5.57 Å². The van der Waals surface area contributed by atoms with Gasteiger partial charge in [0.15, 0.2) is 0 Å². The molecule has 2 N–H and O–H groups in total. The molecule has 1 aliphatic carbocycles. The van der Waals surface area contributed by atoms with Crippen LogP contribution in [0.25, 0.3) is 0 Å². The van der Waals surface area contributed by atoms with E-state index in [1.54, 1.807) is 0 Å². The van der Waals surface area contributed by atoms with Crippen LogP contribution in [-0.2, 0) is 4.79 Å². The van der Waals surface area contributed by atoms with Crippen molar-refractivity contribution in [3.05, 3.63) is 12.2 Å². The van der Waals surface area contributed by atoms with Gasteiger partial charge in [0.25, 0.3) is 0 Å². The molecule has 86 valence electrons. The summed E-state index contributed by atoms with van der Waals surface area (Å²) in [6, 6.07) is 0.514. The van der Waals surface area contributed by atoms with Crippen molar-refractivity contribution in [2.24, 2.45) is 5.92 Å². The zero-order valence-corrected chi connectivity index (χ0v) is 9.46. The van der Waals surface area contributed by atoms with Crippen LogP contribution in [0.4, 0.5) is 0 Å². The highest BCUT2D eigenvalue weighted by atomic mass is 16.4. The third-order valence-electron chi connectivity index (χ3n) is 3.06. The molecule has 1 rings (SSSR count). The van der Waals surface area contributed by atoms with Crippen LogP contribution >= 0.6 is 0 Å². The number of carboxylic acids is 1. The van der Waals surface area contributed by atoms with E-state index < -0.39 is 5.97 Å². The van der Waals surface area contributed by atoms with Crippen LogP contribution in [0.3, 0.4) is 0 Å². The van der Waals surface area contributed by atoms with E-state index >= 15 is 0 Å². The molecule has 0 bridgehead atoms. The number of carboxylic acid groups (broad SMARTS) is 1. The zero-order chi connectivity index (χ0) is 11.3. The molecule has 0 aromatic rings. The summed E-state index contributed by atoms with van der Waals surface area (Å²) in [6.45, 7) is 6.86. The summed E-state index contributed by atoms with van der Waals surface area (Å²) >= 11 is 0. The minimum absolute atomic E-state index is 0.107. The van der Waals surface area contributed by atoms with Gasteiger partial charge in [0.05, 0.1) is 5.92 Å². The smallest absolute Gasteiger partial charge is 0.306 e. The van der Waals surface area contributed by atoms with E-state index in [0.29, 0.717) is 6.04 Å². The summed E-state index contributed by atoms with van der Waals surface area (Å²) in [5, 5.41) is 12.3. The monoisotopic (exact) mass is 211 g/mol. The van der Waals surface area contributed by atoms with Gasteiger partial charge >= 0.3 is 5.97 Å². The lowest BCUT2D eigenvalue weighted by atomic mass is 9.86. The molecular weight excluding hydrogens is 190 g/mol. The third kappa shape index (κ3) is 4.47. The van der Waals surface area contributed by atoms with Crippen LogP contribution in [-0.4, -0.2) is 23.7 Å². The van der Waals surface area contributed by atoms with Gasteiger partial charge in [-0.2, -0.15) is 0 Å². The van der Waals surface area contributed by atoms with Crippen molar-refractivity contribution in [3.8, 4) is 0 Å². The molecule has 0 aliphatic heterocycles. The standard InChI is InChI=1S/C12H21NO2/c1-9(2)7-8-13-11-5-3-10(4-6-11)12(14)15/h10-11,13H,1,3-8H2,2H3,(H,14,15). The first-order valence-electron chi connectivity index (χ1n) is 5.70. The van der Waals surface area contributed by atoms with Crippen LogP contribution in [0, 0.1) is 5.92 Å². The van der Waals surface area contributed by atoms with Crippen molar-refractivity contribution >= 4 is 5.97 Å². The minimum atomic E-state index is -0.629. The van der Waals surface area contributed by atoms with E-state index in [9.17, 15) is 4.79 Å². The number of nitrogens with one attached hydrogen (secondary N) is 1.